The molecule has 0 bridgehead atoms. The number of thioether (sulfide) groups is 1. The summed E-state index contributed by atoms with van der Waals surface area (Å²) in [5, 5.41) is 21.7. The molecule has 0 atom stereocenters. The van der Waals surface area contributed by atoms with Crippen molar-refractivity contribution in [3.8, 4) is 5.75 Å². The van der Waals surface area contributed by atoms with E-state index in [4.69, 9.17) is 4.74 Å². The summed E-state index contributed by atoms with van der Waals surface area (Å²) in [6.07, 6.45) is 0. The Bertz CT molecular complexity index is 1460. The first-order valence-electron chi connectivity index (χ1n) is 9.91. The Balaban J connectivity index is 1.39. The standard InChI is InChI=1S/C21H19N7O2S2/c1-3-27-18(29)15-6-4-5-7-16(15)28-17(23-25-20(27)28)12-31-21-26-24-19(32-21)22-13-8-10-14(30-2)11-9-13/h4-11H,3,12H2,1-2H3,(H,22,24). The minimum atomic E-state index is -0.0550. The Hall–Kier alpha value is -3.44. The topological polar surface area (TPSA) is 99.2 Å². The van der Waals surface area contributed by atoms with Crippen molar-refractivity contribution in [3.05, 3.63) is 64.7 Å². The van der Waals surface area contributed by atoms with Gasteiger partial charge in [0.25, 0.3) is 5.56 Å². The van der Waals surface area contributed by atoms with Gasteiger partial charge in [-0.1, -0.05) is 35.2 Å². The van der Waals surface area contributed by atoms with E-state index in [1.165, 1.54) is 23.1 Å². The van der Waals surface area contributed by atoms with Crippen LogP contribution < -0.4 is 15.6 Å². The van der Waals surface area contributed by atoms with Gasteiger partial charge in [-0.25, -0.2) is 0 Å². The number of anilines is 2. The molecule has 11 heteroatoms. The fourth-order valence-electron chi connectivity index (χ4n) is 3.44. The highest BCUT2D eigenvalue weighted by Crippen LogP contribution is 2.30. The monoisotopic (exact) mass is 465 g/mol. The van der Waals surface area contributed by atoms with Crippen LogP contribution in [0.3, 0.4) is 0 Å². The fourth-order valence-corrected chi connectivity index (χ4v) is 5.12. The van der Waals surface area contributed by atoms with Gasteiger partial charge in [-0.3, -0.25) is 13.8 Å². The molecule has 3 heterocycles. The number of fused-ring (bicyclic) bond motifs is 3. The Morgan fingerprint density at radius 3 is 2.66 bits per heavy atom. The number of methoxy groups -OCH3 is 1. The maximum atomic E-state index is 12.8. The molecule has 162 valence electrons. The summed E-state index contributed by atoms with van der Waals surface area (Å²) in [5.74, 6) is 2.64. The number of nitrogens with zero attached hydrogens (tertiary/aromatic N) is 6. The van der Waals surface area contributed by atoms with E-state index in [0.29, 0.717) is 28.6 Å². The SMILES string of the molecule is CCn1c(=O)c2ccccc2n2c(CSc3nnc(Nc4ccc(OC)cc4)s3)nnc12. The molecule has 0 amide bonds. The van der Waals surface area contributed by atoms with Gasteiger partial charge in [0.1, 0.15) is 11.6 Å². The van der Waals surface area contributed by atoms with E-state index in [0.717, 1.165) is 27.1 Å². The molecule has 0 aliphatic rings. The summed E-state index contributed by atoms with van der Waals surface area (Å²) >= 11 is 3.00. The van der Waals surface area contributed by atoms with Crippen LogP contribution in [0.4, 0.5) is 10.8 Å². The highest BCUT2D eigenvalue weighted by molar-refractivity contribution is 8.00. The normalized spacial score (nSPS) is 11.3. The summed E-state index contributed by atoms with van der Waals surface area (Å²) < 4.78 is 9.59. The van der Waals surface area contributed by atoms with Crippen molar-refractivity contribution in [3.63, 3.8) is 0 Å². The second kappa shape index (κ2) is 8.60. The average Bonchev–Trinajstić information content (AvgIpc) is 3.45. The van der Waals surface area contributed by atoms with Crippen molar-refractivity contribution in [2.24, 2.45) is 0 Å². The van der Waals surface area contributed by atoms with Gasteiger partial charge < -0.3 is 10.1 Å². The lowest BCUT2D eigenvalue weighted by Gasteiger charge is -2.09. The Labute approximate surface area is 191 Å². The number of hydrogen-bond donors (Lipinski definition) is 1. The van der Waals surface area contributed by atoms with Gasteiger partial charge in [0.2, 0.25) is 10.9 Å². The molecule has 0 saturated heterocycles. The molecular formula is C21H19N7O2S2. The molecule has 0 unspecified atom stereocenters. The summed E-state index contributed by atoms with van der Waals surface area (Å²) in [4.78, 5) is 12.8. The third kappa shape index (κ3) is 3.69. The first kappa shape index (κ1) is 20.5. The smallest absolute Gasteiger partial charge is 0.262 e. The van der Waals surface area contributed by atoms with E-state index in [1.807, 2.05) is 59.9 Å². The van der Waals surface area contributed by atoms with Crippen molar-refractivity contribution >= 4 is 50.6 Å². The molecule has 0 fully saturated rings. The lowest BCUT2D eigenvalue weighted by Crippen LogP contribution is -2.22. The van der Waals surface area contributed by atoms with E-state index < -0.39 is 0 Å². The predicted octanol–water partition coefficient (Wildman–Crippen LogP) is 3.96. The molecule has 9 nitrogen and oxygen atoms in total. The summed E-state index contributed by atoms with van der Waals surface area (Å²) in [6.45, 7) is 2.45. The molecule has 1 N–H and O–H groups in total. The first-order chi connectivity index (χ1) is 15.7. The van der Waals surface area contributed by atoms with Crippen LogP contribution in [0.5, 0.6) is 5.75 Å². The average molecular weight is 466 g/mol. The largest absolute Gasteiger partial charge is 0.497 e. The van der Waals surface area contributed by atoms with Gasteiger partial charge in [0.05, 0.1) is 23.8 Å². The second-order valence-corrected chi connectivity index (χ2v) is 9.03. The second-order valence-electron chi connectivity index (χ2n) is 6.83. The maximum absolute atomic E-state index is 12.8. The number of aryl methyl sites for hydroxylation is 1. The van der Waals surface area contributed by atoms with Crippen LogP contribution in [0, 0.1) is 0 Å². The molecule has 0 aliphatic carbocycles. The number of nitrogens with one attached hydrogen (secondary N) is 1. The lowest BCUT2D eigenvalue weighted by atomic mass is 10.2. The third-order valence-electron chi connectivity index (χ3n) is 4.96. The molecule has 0 saturated carbocycles. The van der Waals surface area contributed by atoms with Crippen LogP contribution in [-0.4, -0.2) is 36.5 Å². The van der Waals surface area contributed by atoms with Crippen LogP contribution in [-0.2, 0) is 12.3 Å². The van der Waals surface area contributed by atoms with Gasteiger partial charge >= 0.3 is 0 Å². The molecule has 5 aromatic rings. The van der Waals surface area contributed by atoms with E-state index in [9.17, 15) is 4.79 Å². The van der Waals surface area contributed by atoms with Gasteiger partial charge in [-0.2, -0.15) is 0 Å². The molecule has 0 spiro atoms. The number of para-hydroxylation sites is 1. The zero-order valence-electron chi connectivity index (χ0n) is 17.3. The Kier molecular flexibility index (Phi) is 5.50. The number of benzene rings is 2. The zero-order chi connectivity index (χ0) is 22.1. The van der Waals surface area contributed by atoms with Crippen molar-refractivity contribution in [1.82, 2.24) is 29.4 Å². The number of ether oxygens (including phenoxy) is 1. The van der Waals surface area contributed by atoms with E-state index in [1.54, 1.807) is 11.7 Å². The quantitative estimate of drug-likeness (QED) is 0.361. The molecule has 5 rings (SSSR count). The van der Waals surface area contributed by atoms with Gasteiger partial charge in [-0.05, 0) is 43.3 Å². The number of rotatable bonds is 7. The molecular weight excluding hydrogens is 446 g/mol. The fraction of sp³-hybridized carbons (Fsp3) is 0.190. The molecule has 32 heavy (non-hydrogen) atoms. The van der Waals surface area contributed by atoms with Crippen molar-refractivity contribution in [2.45, 2.75) is 23.6 Å². The first-order valence-corrected chi connectivity index (χ1v) is 11.7. The van der Waals surface area contributed by atoms with Crippen LogP contribution in [0.15, 0.2) is 57.7 Å². The minimum Gasteiger partial charge on any atom is -0.497 e. The summed E-state index contributed by atoms with van der Waals surface area (Å²) in [7, 11) is 1.64. The van der Waals surface area contributed by atoms with Crippen LogP contribution >= 0.6 is 23.1 Å². The van der Waals surface area contributed by atoms with Crippen molar-refractivity contribution in [2.75, 3.05) is 12.4 Å². The van der Waals surface area contributed by atoms with Crippen LogP contribution in [0.1, 0.15) is 12.7 Å². The third-order valence-corrected chi connectivity index (χ3v) is 6.93. The van der Waals surface area contributed by atoms with Crippen molar-refractivity contribution in [1.29, 1.82) is 0 Å². The molecule has 3 aromatic heterocycles. The Morgan fingerprint density at radius 1 is 1.06 bits per heavy atom. The summed E-state index contributed by atoms with van der Waals surface area (Å²) in [5.41, 5.74) is 1.66. The van der Waals surface area contributed by atoms with Gasteiger partial charge in [0.15, 0.2) is 4.34 Å². The van der Waals surface area contributed by atoms with Crippen LogP contribution in [0.25, 0.3) is 16.7 Å². The van der Waals surface area contributed by atoms with E-state index in [2.05, 4.69) is 25.7 Å². The zero-order valence-corrected chi connectivity index (χ0v) is 19.0. The Morgan fingerprint density at radius 2 is 1.88 bits per heavy atom. The number of aromatic nitrogens is 6. The van der Waals surface area contributed by atoms with Crippen molar-refractivity contribution < 1.29 is 4.74 Å². The number of hydrogen-bond acceptors (Lipinski definition) is 9. The highest BCUT2D eigenvalue weighted by Gasteiger charge is 2.16. The van der Waals surface area contributed by atoms with Gasteiger partial charge in [-0.15, -0.1) is 20.4 Å². The summed E-state index contributed by atoms with van der Waals surface area (Å²) in [6, 6.07) is 15.2. The molecule has 0 aliphatic heterocycles. The lowest BCUT2D eigenvalue weighted by molar-refractivity contribution is 0.415. The van der Waals surface area contributed by atoms with Gasteiger partial charge in [0, 0.05) is 12.2 Å². The highest BCUT2D eigenvalue weighted by atomic mass is 32.2. The van der Waals surface area contributed by atoms with E-state index in [-0.39, 0.29) is 5.56 Å². The van der Waals surface area contributed by atoms with Crippen LogP contribution in [0.2, 0.25) is 0 Å². The van der Waals surface area contributed by atoms with E-state index >= 15 is 0 Å². The predicted molar refractivity (Wildman–Crippen MR) is 126 cm³/mol. The molecule has 0 radical (unpaired) electrons. The molecule has 2 aromatic carbocycles. The maximum Gasteiger partial charge on any atom is 0.262 e. The minimum absolute atomic E-state index is 0.0550.